The van der Waals surface area contributed by atoms with Crippen LogP contribution in [0.5, 0.6) is 0 Å². The van der Waals surface area contributed by atoms with Gasteiger partial charge in [0.2, 0.25) is 11.8 Å². The number of hydrazine groups is 1. The fourth-order valence-corrected chi connectivity index (χ4v) is 2.29. The van der Waals surface area contributed by atoms with E-state index in [2.05, 4.69) is 10.9 Å². The zero-order chi connectivity index (χ0) is 16.1. The highest BCUT2D eigenvalue weighted by Gasteiger charge is 2.39. The number of hydrogen-bond acceptors (Lipinski definition) is 5. The van der Waals surface area contributed by atoms with Crippen LogP contribution < -0.4 is 15.8 Å². The third kappa shape index (κ3) is 3.82. The Bertz CT molecular complexity index is 593. The molecule has 22 heavy (non-hydrogen) atoms. The second-order valence-electron chi connectivity index (χ2n) is 4.82. The molecule has 1 unspecified atom stereocenters. The summed E-state index contributed by atoms with van der Waals surface area (Å²) in [5, 5.41) is 9.06. The summed E-state index contributed by atoms with van der Waals surface area (Å²) < 4.78 is 0. The van der Waals surface area contributed by atoms with Crippen LogP contribution >= 0.6 is 11.6 Å². The zero-order valence-electron chi connectivity index (χ0n) is 11.7. The van der Waals surface area contributed by atoms with Gasteiger partial charge in [0.15, 0.2) is 0 Å². The number of halogens is 1. The van der Waals surface area contributed by atoms with Crippen LogP contribution in [0.3, 0.4) is 0 Å². The van der Waals surface area contributed by atoms with Crippen LogP contribution in [0.25, 0.3) is 0 Å². The van der Waals surface area contributed by atoms with Crippen molar-refractivity contribution in [2.45, 2.75) is 25.3 Å². The van der Waals surface area contributed by atoms with E-state index in [0.717, 1.165) is 4.90 Å². The number of benzene rings is 1. The number of rotatable bonds is 6. The lowest BCUT2D eigenvalue weighted by atomic mass is 10.2. The van der Waals surface area contributed by atoms with Crippen LogP contribution in [-0.2, 0) is 14.4 Å². The minimum Gasteiger partial charge on any atom is -0.396 e. The van der Waals surface area contributed by atoms with E-state index in [-0.39, 0.29) is 31.3 Å². The van der Waals surface area contributed by atoms with E-state index in [1.165, 1.54) is 6.07 Å². The maximum absolute atomic E-state index is 12.3. The molecule has 1 fully saturated rings. The molecule has 0 radical (unpaired) electrons. The van der Waals surface area contributed by atoms with E-state index in [9.17, 15) is 14.4 Å². The summed E-state index contributed by atoms with van der Waals surface area (Å²) in [5.41, 5.74) is 5.33. The summed E-state index contributed by atoms with van der Waals surface area (Å²) in [7, 11) is 0. The molecule has 8 heteroatoms. The van der Waals surface area contributed by atoms with Crippen molar-refractivity contribution in [3.8, 4) is 0 Å². The quantitative estimate of drug-likeness (QED) is 0.518. The van der Waals surface area contributed by atoms with Crippen molar-refractivity contribution in [1.29, 1.82) is 0 Å². The van der Waals surface area contributed by atoms with Crippen molar-refractivity contribution in [2.75, 3.05) is 11.5 Å². The lowest BCUT2D eigenvalue weighted by Crippen LogP contribution is -2.48. The highest BCUT2D eigenvalue weighted by Crippen LogP contribution is 2.25. The molecule has 0 aliphatic carbocycles. The molecule has 0 aromatic heterocycles. The molecule has 0 spiro atoms. The second-order valence-corrected chi connectivity index (χ2v) is 5.26. The number of nitrogens with one attached hydrogen (secondary N) is 2. The summed E-state index contributed by atoms with van der Waals surface area (Å²) in [4.78, 5) is 36.7. The lowest BCUT2D eigenvalue weighted by molar-refractivity contribution is -0.123. The molecule has 3 N–H and O–H groups in total. The molecular formula is C14H16ClN3O4. The molecule has 1 aromatic rings. The van der Waals surface area contributed by atoms with Gasteiger partial charge in [0.25, 0.3) is 5.91 Å². The Hall–Kier alpha value is -1.96. The number of carbonyl (C=O) groups excluding carboxylic acids is 3. The largest absolute Gasteiger partial charge is 0.396 e. The van der Waals surface area contributed by atoms with Crippen LogP contribution in [0.2, 0.25) is 5.02 Å². The van der Waals surface area contributed by atoms with Crippen LogP contribution in [0.15, 0.2) is 24.3 Å². The summed E-state index contributed by atoms with van der Waals surface area (Å²) >= 11 is 5.86. The van der Waals surface area contributed by atoms with Gasteiger partial charge < -0.3 is 5.11 Å². The zero-order valence-corrected chi connectivity index (χ0v) is 12.5. The van der Waals surface area contributed by atoms with Crippen LogP contribution in [0.4, 0.5) is 5.69 Å². The van der Waals surface area contributed by atoms with Gasteiger partial charge in [-0.15, -0.1) is 0 Å². The van der Waals surface area contributed by atoms with E-state index in [1.54, 1.807) is 18.2 Å². The number of carbonyl (C=O) groups is 3. The van der Waals surface area contributed by atoms with Crippen molar-refractivity contribution in [2.24, 2.45) is 0 Å². The Morgan fingerprint density at radius 2 is 2.18 bits per heavy atom. The van der Waals surface area contributed by atoms with Crippen LogP contribution in [0, 0.1) is 0 Å². The summed E-state index contributed by atoms with van der Waals surface area (Å²) in [5.74, 6) is -1.17. The number of anilines is 1. The Labute approximate surface area is 132 Å². The van der Waals surface area contributed by atoms with Crippen LogP contribution in [-0.4, -0.2) is 35.5 Å². The number of imide groups is 1. The number of aliphatic hydroxyl groups is 1. The van der Waals surface area contributed by atoms with Gasteiger partial charge in [0, 0.05) is 18.1 Å². The summed E-state index contributed by atoms with van der Waals surface area (Å²) in [6.45, 7) is -0.0865. The Morgan fingerprint density at radius 1 is 1.41 bits per heavy atom. The third-order valence-electron chi connectivity index (χ3n) is 3.16. The van der Waals surface area contributed by atoms with Gasteiger partial charge in [-0.2, -0.15) is 0 Å². The normalized spacial score (nSPS) is 17.9. The molecule has 2 rings (SSSR count). The minimum absolute atomic E-state index is 0.0500. The van der Waals surface area contributed by atoms with Crippen molar-refractivity contribution in [3.63, 3.8) is 0 Å². The van der Waals surface area contributed by atoms with Gasteiger partial charge in [-0.3, -0.25) is 19.8 Å². The standard InChI is InChI=1S/C14H16ClN3O4/c15-9-3-1-4-10(7-9)18-13(21)8-11(14(18)22)16-17-12(20)5-2-6-19/h1,3-4,7,11,16,19H,2,5-6,8H2,(H,17,20). The molecule has 1 aliphatic heterocycles. The minimum atomic E-state index is -0.815. The number of aliphatic hydroxyl groups excluding tert-OH is 1. The van der Waals surface area contributed by atoms with Crippen molar-refractivity contribution >= 4 is 35.0 Å². The molecule has 7 nitrogen and oxygen atoms in total. The third-order valence-corrected chi connectivity index (χ3v) is 3.40. The van der Waals surface area contributed by atoms with Crippen molar-refractivity contribution in [1.82, 2.24) is 10.9 Å². The average molecular weight is 326 g/mol. The van der Waals surface area contributed by atoms with E-state index < -0.39 is 11.9 Å². The number of hydrogen-bond donors (Lipinski definition) is 3. The van der Waals surface area contributed by atoms with Crippen LogP contribution in [0.1, 0.15) is 19.3 Å². The second kappa shape index (κ2) is 7.35. The van der Waals surface area contributed by atoms with E-state index in [1.807, 2.05) is 0 Å². The van der Waals surface area contributed by atoms with Gasteiger partial charge in [-0.25, -0.2) is 10.3 Å². The maximum atomic E-state index is 12.3. The monoisotopic (exact) mass is 325 g/mol. The molecule has 1 heterocycles. The summed E-state index contributed by atoms with van der Waals surface area (Å²) in [6.07, 6.45) is 0.418. The molecule has 1 atom stereocenters. The first-order valence-corrected chi connectivity index (χ1v) is 7.18. The summed E-state index contributed by atoms with van der Waals surface area (Å²) in [6, 6.07) is 5.62. The Kier molecular flexibility index (Phi) is 5.48. The highest BCUT2D eigenvalue weighted by molar-refractivity contribution is 6.31. The van der Waals surface area contributed by atoms with Gasteiger partial charge in [0.05, 0.1) is 12.1 Å². The molecule has 118 valence electrons. The maximum Gasteiger partial charge on any atom is 0.253 e. The van der Waals surface area contributed by atoms with E-state index in [0.29, 0.717) is 17.1 Å². The molecule has 0 bridgehead atoms. The Morgan fingerprint density at radius 3 is 2.86 bits per heavy atom. The topological polar surface area (TPSA) is 98.7 Å². The van der Waals surface area contributed by atoms with Crippen molar-refractivity contribution in [3.05, 3.63) is 29.3 Å². The molecule has 3 amide bonds. The Balaban J connectivity index is 1.98. The molecule has 0 saturated carbocycles. The predicted molar refractivity (Wildman–Crippen MR) is 79.9 cm³/mol. The fourth-order valence-electron chi connectivity index (χ4n) is 2.10. The first kappa shape index (κ1) is 16.4. The average Bonchev–Trinajstić information content (AvgIpc) is 2.77. The molecule has 1 aromatic carbocycles. The fraction of sp³-hybridized carbons (Fsp3) is 0.357. The molecule has 1 saturated heterocycles. The smallest absolute Gasteiger partial charge is 0.253 e. The number of amides is 3. The van der Waals surface area contributed by atoms with Gasteiger partial charge in [0.1, 0.15) is 6.04 Å². The first-order chi connectivity index (χ1) is 10.5. The van der Waals surface area contributed by atoms with Gasteiger partial charge in [-0.1, -0.05) is 17.7 Å². The predicted octanol–water partition coefficient (Wildman–Crippen LogP) is 0.365. The van der Waals surface area contributed by atoms with Gasteiger partial charge >= 0.3 is 0 Å². The SMILES string of the molecule is O=C(CCCO)NNC1CC(=O)N(c2cccc(Cl)c2)C1=O. The number of nitrogens with zero attached hydrogens (tertiary/aromatic N) is 1. The first-order valence-electron chi connectivity index (χ1n) is 6.80. The van der Waals surface area contributed by atoms with E-state index in [4.69, 9.17) is 16.7 Å². The molecule has 1 aliphatic rings. The van der Waals surface area contributed by atoms with E-state index >= 15 is 0 Å². The lowest BCUT2D eigenvalue weighted by Gasteiger charge is -2.16. The molecular weight excluding hydrogens is 310 g/mol. The van der Waals surface area contributed by atoms with Gasteiger partial charge in [-0.05, 0) is 24.6 Å². The highest BCUT2D eigenvalue weighted by atomic mass is 35.5. The van der Waals surface area contributed by atoms with Crippen molar-refractivity contribution < 1.29 is 19.5 Å².